The lowest BCUT2D eigenvalue weighted by Crippen LogP contribution is -2.28. The summed E-state index contributed by atoms with van der Waals surface area (Å²) < 4.78 is 47.0. The lowest BCUT2D eigenvalue weighted by molar-refractivity contribution is -0.274. The van der Waals surface area contributed by atoms with Crippen LogP contribution in [0.25, 0.3) is 5.57 Å². The molecule has 186 valence electrons. The van der Waals surface area contributed by atoms with Gasteiger partial charge in [0.25, 0.3) is 5.91 Å². The molecular weight excluding hydrogens is 467 g/mol. The minimum atomic E-state index is -4.78. The van der Waals surface area contributed by atoms with Gasteiger partial charge in [-0.25, -0.2) is 0 Å². The molecular formula is C24H30F3N3O3S. The third-order valence-electron chi connectivity index (χ3n) is 5.13. The molecule has 10 heteroatoms. The molecule has 0 unspecified atom stereocenters. The van der Waals surface area contributed by atoms with Crippen LogP contribution in [0, 0.1) is 5.92 Å². The zero-order valence-electron chi connectivity index (χ0n) is 19.0. The summed E-state index contributed by atoms with van der Waals surface area (Å²) >= 11 is 3.79. The summed E-state index contributed by atoms with van der Waals surface area (Å²) in [5, 5.41) is 3.28. The summed E-state index contributed by atoms with van der Waals surface area (Å²) in [6, 6.07) is 8.57. The van der Waals surface area contributed by atoms with E-state index in [9.17, 15) is 18.0 Å². The van der Waals surface area contributed by atoms with E-state index in [2.05, 4.69) is 29.3 Å². The molecule has 1 saturated heterocycles. The number of hydrogen-bond donors (Lipinski definition) is 4. The van der Waals surface area contributed by atoms with E-state index in [0.717, 1.165) is 37.3 Å². The number of carbonyl (C=O) groups excluding carboxylic acids is 1. The number of benzene rings is 2. The van der Waals surface area contributed by atoms with Gasteiger partial charge in [-0.15, -0.1) is 13.2 Å². The fraction of sp³-hybridized carbons (Fsp3) is 0.375. The summed E-state index contributed by atoms with van der Waals surface area (Å²) in [5.74, 6) is 0.414. The van der Waals surface area contributed by atoms with E-state index in [4.69, 9.17) is 16.2 Å². The second kappa shape index (κ2) is 12.6. The lowest BCUT2D eigenvalue weighted by Gasteiger charge is -2.26. The van der Waals surface area contributed by atoms with Crippen molar-refractivity contribution >= 4 is 29.8 Å². The molecule has 5 N–H and O–H groups in total. The monoisotopic (exact) mass is 497 g/mol. The predicted octanol–water partition coefficient (Wildman–Crippen LogP) is 4.79. The first-order chi connectivity index (χ1) is 16.1. The molecule has 0 saturated carbocycles. The highest BCUT2D eigenvalue weighted by atomic mass is 32.1. The van der Waals surface area contributed by atoms with Crippen molar-refractivity contribution in [1.82, 2.24) is 5.32 Å². The van der Waals surface area contributed by atoms with E-state index in [1.165, 1.54) is 24.3 Å². The summed E-state index contributed by atoms with van der Waals surface area (Å²) in [4.78, 5) is 11.9. The smallest absolute Gasteiger partial charge is 0.489 e. The SMILES string of the molecule is C=C(c1cc(OCc2cccc(OC(F)(F)F)c2)cc(C(N)=O)c1N)C1CCNCC1.CCS. The third-order valence-corrected chi connectivity index (χ3v) is 5.13. The average Bonchev–Trinajstić information content (AvgIpc) is 2.78. The second-order valence-corrected chi connectivity index (χ2v) is 8.28. The normalized spacial score (nSPS) is 14.0. The molecule has 2 aromatic carbocycles. The van der Waals surface area contributed by atoms with Crippen LogP contribution in [0.4, 0.5) is 18.9 Å². The van der Waals surface area contributed by atoms with Crippen LogP contribution in [0.2, 0.25) is 0 Å². The summed E-state index contributed by atoms with van der Waals surface area (Å²) in [7, 11) is 0. The van der Waals surface area contributed by atoms with Crippen LogP contribution < -0.4 is 26.3 Å². The van der Waals surface area contributed by atoms with Crippen LogP contribution in [-0.2, 0) is 6.61 Å². The number of carbonyl (C=O) groups is 1. The Labute approximate surface area is 202 Å². The zero-order valence-corrected chi connectivity index (χ0v) is 19.8. The molecule has 1 amide bonds. The number of rotatable bonds is 7. The van der Waals surface area contributed by atoms with Crippen LogP contribution in [0.3, 0.4) is 0 Å². The van der Waals surface area contributed by atoms with Gasteiger partial charge in [-0.3, -0.25) is 4.79 Å². The molecule has 0 aliphatic carbocycles. The number of ether oxygens (including phenoxy) is 2. The number of hydrogen-bond acceptors (Lipinski definition) is 6. The van der Waals surface area contributed by atoms with E-state index < -0.39 is 12.3 Å². The number of alkyl halides is 3. The first-order valence-corrected chi connectivity index (χ1v) is 11.4. The van der Waals surface area contributed by atoms with Gasteiger partial charge >= 0.3 is 6.36 Å². The van der Waals surface area contributed by atoms with Crippen LogP contribution in [0.5, 0.6) is 11.5 Å². The van der Waals surface area contributed by atoms with Crippen molar-refractivity contribution in [3.8, 4) is 11.5 Å². The van der Waals surface area contributed by atoms with Crippen LogP contribution in [0.15, 0.2) is 43.0 Å². The molecule has 6 nitrogen and oxygen atoms in total. The van der Waals surface area contributed by atoms with Crippen molar-refractivity contribution < 1.29 is 27.4 Å². The minimum Gasteiger partial charge on any atom is -0.489 e. The van der Waals surface area contributed by atoms with Crippen molar-refractivity contribution in [3.63, 3.8) is 0 Å². The molecule has 34 heavy (non-hydrogen) atoms. The maximum Gasteiger partial charge on any atom is 0.573 e. The van der Waals surface area contributed by atoms with E-state index in [1.807, 2.05) is 6.92 Å². The van der Waals surface area contributed by atoms with E-state index in [-0.39, 0.29) is 29.5 Å². The highest BCUT2D eigenvalue weighted by Crippen LogP contribution is 2.36. The first-order valence-electron chi connectivity index (χ1n) is 10.8. The van der Waals surface area contributed by atoms with E-state index in [0.29, 0.717) is 16.9 Å². The van der Waals surface area contributed by atoms with Crippen molar-refractivity contribution in [2.75, 3.05) is 24.6 Å². The number of halogens is 3. The first kappa shape index (κ1) is 27.4. The average molecular weight is 498 g/mol. The zero-order chi connectivity index (χ0) is 25.3. The largest absolute Gasteiger partial charge is 0.573 e. The summed E-state index contributed by atoms with van der Waals surface area (Å²) in [6.45, 7) is 7.84. The van der Waals surface area contributed by atoms with Gasteiger partial charge in [0, 0.05) is 5.56 Å². The molecule has 3 rings (SSSR count). The van der Waals surface area contributed by atoms with E-state index in [1.54, 1.807) is 12.1 Å². The number of nitrogens with two attached hydrogens (primary N) is 2. The molecule has 0 spiro atoms. The topological polar surface area (TPSA) is 99.6 Å². The number of anilines is 1. The van der Waals surface area contributed by atoms with Gasteiger partial charge in [-0.2, -0.15) is 12.6 Å². The number of nitrogen functional groups attached to an aromatic ring is 1. The van der Waals surface area contributed by atoms with Crippen molar-refractivity contribution in [1.29, 1.82) is 0 Å². The van der Waals surface area contributed by atoms with Crippen molar-refractivity contribution in [2.45, 2.75) is 32.7 Å². The Hall–Kier alpha value is -2.85. The minimum absolute atomic E-state index is 0.0452. The molecule has 0 aromatic heterocycles. The van der Waals surface area contributed by atoms with Gasteiger partial charge in [0.1, 0.15) is 18.1 Å². The fourth-order valence-corrected chi connectivity index (χ4v) is 3.57. The Kier molecular flexibility index (Phi) is 10.1. The Morgan fingerprint density at radius 1 is 1.18 bits per heavy atom. The lowest BCUT2D eigenvalue weighted by atomic mass is 9.85. The number of piperidine rings is 1. The van der Waals surface area contributed by atoms with Crippen molar-refractivity contribution in [3.05, 3.63) is 59.7 Å². The van der Waals surface area contributed by atoms with Crippen LogP contribution in [0.1, 0.15) is 41.3 Å². The van der Waals surface area contributed by atoms with Gasteiger partial charge in [0.05, 0.1) is 11.3 Å². The number of thiol groups is 1. The van der Waals surface area contributed by atoms with Gasteiger partial charge in [-0.1, -0.05) is 25.6 Å². The fourth-order valence-electron chi connectivity index (χ4n) is 3.57. The molecule has 1 fully saturated rings. The Morgan fingerprint density at radius 3 is 2.38 bits per heavy atom. The number of nitrogens with one attached hydrogen (secondary N) is 1. The van der Waals surface area contributed by atoms with E-state index >= 15 is 0 Å². The molecule has 1 aliphatic heterocycles. The van der Waals surface area contributed by atoms with Crippen LogP contribution >= 0.6 is 12.6 Å². The molecule has 1 aliphatic rings. The number of allylic oxidation sites excluding steroid dienone is 1. The molecule has 1 heterocycles. The second-order valence-electron chi connectivity index (χ2n) is 7.65. The maximum absolute atomic E-state index is 12.4. The Balaban J connectivity index is 0.00000129. The van der Waals surface area contributed by atoms with Crippen LogP contribution in [-0.4, -0.2) is 31.1 Å². The van der Waals surface area contributed by atoms with Gasteiger partial charge < -0.3 is 26.3 Å². The summed E-state index contributed by atoms with van der Waals surface area (Å²) in [5.41, 5.74) is 13.9. The maximum atomic E-state index is 12.4. The Bertz CT molecular complexity index is 993. The standard InChI is InChI=1S/C22H24F3N3O3.C2H6S/c1-13(15-5-7-28-8-6-15)18-10-17(11-19(20(18)26)21(27)29)30-12-14-3-2-4-16(9-14)31-22(23,24)25;1-2-3/h2-4,9-11,15,28H,1,5-8,12,26H2,(H2,27,29);3H,2H2,1H3. The van der Waals surface area contributed by atoms with Crippen molar-refractivity contribution in [2.24, 2.45) is 11.7 Å². The van der Waals surface area contributed by atoms with Gasteiger partial charge in [0.15, 0.2) is 0 Å². The summed E-state index contributed by atoms with van der Waals surface area (Å²) in [6.07, 6.45) is -3.00. The molecule has 0 radical (unpaired) electrons. The molecule has 2 aromatic rings. The highest BCUT2D eigenvalue weighted by Gasteiger charge is 2.31. The Morgan fingerprint density at radius 2 is 1.79 bits per heavy atom. The highest BCUT2D eigenvalue weighted by molar-refractivity contribution is 7.80. The predicted molar refractivity (Wildman–Crippen MR) is 131 cm³/mol. The molecule has 0 bridgehead atoms. The number of primary amides is 1. The van der Waals surface area contributed by atoms with Gasteiger partial charge in [-0.05, 0) is 73.0 Å². The number of amides is 1. The van der Waals surface area contributed by atoms with Gasteiger partial charge in [0.2, 0.25) is 0 Å². The third kappa shape index (κ3) is 8.18. The molecule has 0 atom stereocenters. The quantitative estimate of drug-likeness (QED) is 0.326.